The zero-order chi connectivity index (χ0) is 18.6. The molecule has 3 heteroatoms. The molecule has 2 nitrogen and oxygen atoms in total. The molecule has 0 saturated heterocycles. The summed E-state index contributed by atoms with van der Waals surface area (Å²) in [6, 6.07) is 0. The minimum atomic E-state index is -1.87. The predicted molar refractivity (Wildman–Crippen MR) is 108 cm³/mol. The van der Waals surface area contributed by atoms with Crippen molar-refractivity contribution in [2.24, 2.45) is 23.2 Å². The quantitative estimate of drug-likeness (QED) is 0.548. The van der Waals surface area contributed by atoms with E-state index in [4.69, 9.17) is 4.43 Å². The standard InChI is InChI=1S/C22H42O2Si/c1-14(2)25(15(3)4,16(5)6)24-21-20-9-18-8-19(10-20)13-22(21,12-18)11-17(7)23/h14-21,23H,8-13H2,1-7H3. The second kappa shape index (κ2) is 6.94. The Hall–Kier alpha value is 0.137. The van der Waals surface area contributed by atoms with Gasteiger partial charge in [0.15, 0.2) is 0 Å². The molecule has 0 aromatic heterocycles. The minimum absolute atomic E-state index is 0.199. The van der Waals surface area contributed by atoms with E-state index in [1.807, 2.05) is 6.92 Å². The molecule has 0 aromatic carbocycles. The summed E-state index contributed by atoms with van der Waals surface area (Å²) in [7, 11) is -1.87. The molecule has 4 aliphatic rings. The van der Waals surface area contributed by atoms with E-state index >= 15 is 0 Å². The van der Waals surface area contributed by atoms with Crippen LogP contribution < -0.4 is 0 Å². The maximum Gasteiger partial charge on any atom is 0.200 e. The highest BCUT2D eigenvalue weighted by atomic mass is 28.4. The SMILES string of the molecule is CC(O)CC12CC3CC(CC(C3)C1O[Si](C(C)C)(C(C)C)C(C)C)C2. The van der Waals surface area contributed by atoms with E-state index < -0.39 is 8.32 Å². The summed E-state index contributed by atoms with van der Waals surface area (Å²) < 4.78 is 7.43. The molecule has 25 heavy (non-hydrogen) atoms. The Morgan fingerprint density at radius 2 is 1.36 bits per heavy atom. The maximum absolute atomic E-state index is 10.3. The zero-order valence-electron chi connectivity index (χ0n) is 17.7. The lowest BCUT2D eigenvalue weighted by atomic mass is 9.47. The molecule has 0 aliphatic heterocycles. The highest BCUT2D eigenvalue weighted by Crippen LogP contribution is 2.64. The summed E-state index contributed by atoms with van der Waals surface area (Å²) in [6.07, 6.45) is 8.03. The second-order valence-electron chi connectivity index (χ2n) is 10.9. The third-order valence-electron chi connectivity index (χ3n) is 8.10. The highest BCUT2D eigenvalue weighted by Gasteiger charge is 2.60. The van der Waals surface area contributed by atoms with E-state index in [1.165, 1.54) is 32.1 Å². The van der Waals surface area contributed by atoms with Crippen molar-refractivity contribution < 1.29 is 9.53 Å². The fourth-order valence-electron chi connectivity index (χ4n) is 7.88. The van der Waals surface area contributed by atoms with Crippen LogP contribution in [0.1, 0.15) is 87.0 Å². The van der Waals surface area contributed by atoms with E-state index in [0.717, 1.165) is 24.2 Å². The largest absolute Gasteiger partial charge is 0.412 e. The van der Waals surface area contributed by atoms with Crippen LogP contribution in [0.25, 0.3) is 0 Å². The van der Waals surface area contributed by atoms with Gasteiger partial charge in [-0.25, -0.2) is 0 Å². The number of rotatable bonds is 7. The molecule has 0 heterocycles. The van der Waals surface area contributed by atoms with E-state index in [9.17, 15) is 5.11 Å². The smallest absolute Gasteiger partial charge is 0.200 e. The Balaban J connectivity index is 1.95. The van der Waals surface area contributed by atoms with Crippen LogP contribution in [-0.2, 0) is 4.43 Å². The van der Waals surface area contributed by atoms with Crippen LogP contribution in [0.3, 0.4) is 0 Å². The summed E-state index contributed by atoms with van der Waals surface area (Å²) in [5.41, 5.74) is 2.20. The zero-order valence-corrected chi connectivity index (χ0v) is 18.7. The van der Waals surface area contributed by atoms with Gasteiger partial charge in [-0.1, -0.05) is 41.5 Å². The predicted octanol–water partition coefficient (Wildman–Crippen LogP) is 6.14. The first-order chi connectivity index (χ1) is 11.6. The Bertz CT molecular complexity index is 429. The molecule has 0 aromatic rings. The van der Waals surface area contributed by atoms with Crippen LogP contribution in [-0.4, -0.2) is 25.6 Å². The fraction of sp³-hybridized carbons (Fsp3) is 1.00. The van der Waals surface area contributed by atoms with Gasteiger partial charge < -0.3 is 9.53 Å². The monoisotopic (exact) mass is 366 g/mol. The molecule has 0 amide bonds. The first-order valence-corrected chi connectivity index (χ1v) is 13.1. The van der Waals surface area contributed by atoms with Gasteiger partial charge in [-0.05, 0) is 85.2 Å². The van der Waals surface area contributed by atoms with Crippen molar-refractivity contribution >= 4 is 8.32 Å². The van der Waals surface area contributed by atoms with Crippen LogP contribution in [0.5, 0.6) is 0 Å². The van der Waals surface area contributed by atoms with Crippen molar-refractivity contribution in [3.63, 3.8) is 0 Å². The van der Waals surface area contributed by atoms with E-state index in [2.05, 4.69) is 41.5 Å². The average Bonchev–Trinajstić information content (AvgIpc) is 2.43. The van der Waals surface area contributed by atoms with Crippen molar-refractivity contribution in [1.29, 1.82) is 0 Å². The molecular formula is C22H42O2Si. The lowest BCUT2D eigenvalue weighted by Gasteiger charge is -2.63. The van der Waals surface area contributed by atoms with Gasteiger partial charge in [0.05, 0.1) is 12.2 Å². The first-order valence-electron chi connectivity index (χ1n) is 11.0. The molecule has 4 bridgehead atoms. The maximum atomic E-state index is 10.3. The molecule has 4 rings (SSSR count). The van der Waals surface area contributed by atoms with Crippen LogP contribution in [0.2, 0.25) is 16.6 Å². The van der Waals surface area contributed by atoms with Crippen molar-refractivity contribution in [3.05, 3.63) is 0 Å². The molecule has 0 radical (unpaired) electrons. The van der Waals surface area contributed by atoms with Gasteiger partial charge in [0.1, 0.15) is 0 Å². The van der Waals surface area contributed by atoms with Crippen LogP contribution >= 0.6 is 0 Å². The summed E-state index contributed by atoms with van der Waals surface area (Å²) in [4.78, 5) is 0. The van der Waals surface area contributed by atoms with E-state index in [0.29, 0.717) is 22.7 Å². The molecule has 0 spiro atoms. The van der Waals surface area contributed by atoms with Crippen molar-refractivity contribution in [2.45, 2.75) is 116 Å². The summed E-state index contributed by atoms with van der Waals surface area (Å²) in [5.74, 6) is 2.57. The van der Waals surface area contributed by atoms with E-state index in [-0.39, 0.29) is 11.5 Å². The van der Waals surface area contributed by atoms with Crippen molar-refractivity contribution in [2.75, 3.05) is 0 Å². The Morgan fingerprint density at radius 3 is 1.76 bits per heavy atom. The van der Waals surface area contributed by atoms with Crippen LogP contribution in [0.4, 0.5) is 0 Å². The Kier molecular flexibility index (Phi) is 5.52. The van der Waals surface area contributed by atoms with Crippen LogP contribution in [0, 0.1) is 23.2 Å². The molecule has 4 unspecified atom stereocenters. The van der Waals surface area contributed by atoms with Crippen molar-refractivity contribution in [3.8, 4) is 0 Å². The molecule has 1 N–H and O–H groups in total. The van der Waals surface area contributed by atoms with Crippen LogP contribution in [0.15, 0.2) is 0 Å². The molecule has 4 aliphatic carbocycles. The third kappa shape index (κ3) is 3.27. The molecular weight excluding hydrogens is 324 g/mol. The van der Waals surface area contributed by atoms with Gasteiger partial charge in [0.25, 0.3) is 0 Å². The summed E-state index contributed by atoms with van der Waals surface area (Å²) in [5, 5.41) is 10.3. The first kappa shape index (κ1) is 19.9. The lowest BCUT2D eigenvalue weighted by Crippen LogP contribution is -2.62. The summed E-state index contributed by atoms with van der Waals surface area (Å²) in [6.45, 7) is 16.4. The van der Waals surface area contributed by atoms with Gasteiger partial charge in [0, 0.05) is 0 Å². The minimum Gasteiger partial charge on any atom is -0.412 e. The van der Waals surface area contributed by atoms with Gasteiger partial charge in [0.2, 0.25) is 8.32 Å². The Morgan fingerprint density at radius 1 is 0.880 bits per heavy atom. The Labute approximate surface area is 157 Å². The highest BCUT2D eigenvalue weighted by molar-refractivity contribution is 6.77. The molecule has 4 atom stereocenters. The molecule has 4 fully saturated rings. The lowest BCUT2D eigenvalue weighted by molar-refractivity contribution is -0.161. The topological polar surface area (TPSA) is 29.5 Å². The van der Waals surface area contributed by atoms with E-state index in [1.54, 1.807) is 0 Å². The average molecular weight is 367 g/mol. The van der Waals surface area contributed by atoms with Gasteiger partial charge >= 0.3 is 0 Å². The number of hydrogen-bond donors (Lipinski definition) is 1. The summed E-state index contributed by atoms with van der Waals surface area (Å²) >= 11 is 0. The van der Waals surface area contributed by atoms with Gasteiger partial charge in [-0.3, -0.25) is 0 Å². The number of aliphatic hydroxyl groups is 1. The second-order valence-corrected chi connectivity index (χ2v) is 16.3. The molecule has 4 saturated carbocycles. The van der Waals surface area contributed by atoms with Gasteiger partial charge in [-0.2, -0.15) is 0 Å². The third-order valence-corrected chi connectivity index (χ3v) is 14.2. The van der Waals surface area contributed by atoms with Gasteiger partial charge in [-0.15, -0.1) is 0 Å². The fourth-order valence-corrected chi connectivity index (χ4v) is 13.6. The van der Waals surface area contributed by atoms with Crippen molar-refractivity contribution in [1.82, 2.24) is 0 Å². The number of aliphatic hydroxyl groups excluding tert-OH is 1. The molecule has 146 valence electrons. The number of hydrogen-bond acceptors (Lipinski definition) is 2. The normalized spacial score (nSPS) is 39.0.